The summed E-state index contributed by atoms with van der Waals surface area (Å²) in [6.07, 6.45) is 3.56. The molecule has 0 bridgehead atoms. The smallest absolute Gasteiger partial charge is 0.263 e. The summed E-state index contributed by atoms with van der Waals surface area (Å²) in [7, 11) is 0. The largest absolute Gasteiger partial charge is 0.393 e. The van der Waals surface area contributed by atoms with Crippen LogP contribution in [0.3, 0.4) is 0 Å². The summed E-state index contributed by atoms with van der Waals surface area (Å²) < 4.78 is -0.368. The molecule has 1 saturated carbocycles. The zero-order chi connectivity index (χ0) is 12.6. The van der Waals surface area contributed by atoms with Crippen molar-refractivity contribution < 1.29 is 9.90 Å². The summed E-state index contributed by atoms with van der Waals surface area (Å²) in [5.41, 5.74) is 0. The van der Waals surface area contributed by atoms with E-state index in [4.69, 9.17) is 0 Å². The van der Waals surface area contributed by atoms with E-state index in [1.807, 2.05) is 6.92 Å². The van der Waals surface area contributed by atoms with Crippen molar-refractivity contribution in [3.63, 3.8) is 0 Å². The Kier molecular flexibility index (Phi) is 3.64. The minimum absolute atomic E-state index is 0.0195. The third kappa shape index (κ3) is 2.58. The van der Waals surface area contributed by atoms with Crippen LogP contribution in [0.15, 0.2) is 4.99 Å². The van der Waals surface area contributed by atoms with Crippen molar-refractivity contribution in [2.24, 2.45) is 16.8 Å². The maximum absolute atomic E-state index is 11.9. The number of thioether (sulfide) groups is 1. The number of aliphatic imine (C=N–C) groups is 1. The van der Waals surface area contributed by atoms with E-state index in [1.54, 1.807) is 11.8 Å². The first-order valence-corrected chi connectivity index (χ1v) is 7.22. The fourth-order valence-electron chi connectivity index (χ4n) is 2.47. The van der Waals surface area contributed by atoms with Crippen LogP contribution in [-0.2, 0) is 4.79 Å². The molecule has 4 heteroatoms. The quantitative estimate of drug-likeness (QED) is 0.843. The van der Waals surface area contributed by atoms with Gasteiger partial charge in [-0.15, -0.1) is 0 Å². The molecule has 3 nitrogen and oxygen atoms in total. The Morgan fingerprint density at radius 2 is 2.24 bits per heavy atom. The Bertz CT molecular complexity index is 353. The molecule has 0 radical (unpaired) electrons. The van der Waals surface area contributed by atoms with E-state index in [0.717, 1.165) is 30.7 Å². The maximum atomic E-state index is 11.9. The highest BCUT2D eigenvalue weighted by atomic mass is 32.2. The second kappa shape index (κ2) is 4.73. The molecule has 1 aliphatic carbocycles. The summed E-state index contributed by atoms with van der Waals surface area (Å²) in [4.78, 5) is 16.1. The topological polar surface area (TPSA) is 49.7 Å². The lowest BCUT2D eigenvalue weighted by Gasteiger charge is -2.24. The normalized spacial score (nSPS) is 37.9. The van der Waals surface area contributed by atoms with Gasteiger partial charge in [0.2, 0.25) is 0 Å². The molecule has 1 fully saturated rings. The highest BCUT2D eigenvalue weighted by Gasteiger charge is 2.43. The number of rotatable bonds is 3. The number of carbonyl (C=O) groups excluding carboxylic acids is 1. The lowest BCUT2D eigenvalue weighted by molar-refractivity contribution is -0.120. The van der Waals surface area contributed by atoms with Gasteiger partial charge >= 0.3 is 0 Å². The lowest BCUT2D eigenvalue weighted by atomic mass is 9.96. The maximum Gasteiger partial charge on any atom is 0.263 e. The Morgan fingerprint density at radius 1 is 1.53 bits per heavy atom. The lowest BCUT2D eigenvalue weighted by Crippen LogP contribution is -2.33. The molecule has 0 aromatic heterocycles. The molecule has 1 unspecified atom stereocenters. The first-order chi connectivity index (χ1) is 7.91. The third-order valence-electron chi connectivity index (χ3n) is 4.06. The Labute approximate surface area is 107 Å². The summed E-state index contributed by atoms with van der Waals surface area (Å²) >= 11 is 1.64. The average molecular weight is 255 g/mol. The molecule has 1 N–H and O–H groups in total. The molecule has 0 aromatic carbocycles. The van der Waals surface area contributed by atoms with Gasteiger partial charge in [-0.05, 0) is 44.4 Å². The van der Waals surface area contributed by atoms with Crippen molar-refractivity contribution in [3.05, 3.63) is 0 Å². The van der Waals surface area contributed by atoms with Gasteiger partial charge in [-0.1, -0.05) is 25.6 Å². The molecule has 96 valence electrons. The molecule has 0 aromatic rings. The predicted octanol–water partition coefficient (Wildman–Crippen LogP) is 2.62. The number of nitrogens with zero attached hydrogens (tertiary/aromatic N) is 1. The van der Waals surface area contributed by atoms with E-state index in [1.165, 1.54) is 0 Å². The summed E-state index contributed by atoms with van der Waals surface area (Å²) in [6.45, 7) is 6.13. The van der Waals surface area contributed by atoms with Gasteiger partial charge in [-0.3, -0.25) is 4.79 Å². The molecule has 0 saturated heterocycles. The van der Waals surface area contributed by atoms with E-state index in [-0.39, 0.29) is 16.8 Å². The Balaban J connectivity index is 1.97. The van der Waals surface area contributed by atoms with Crippen LogP contribution in [0.25, 0.3) is 0 Å². The Morgan fingerprint density at radius 3 is 2.71 bits per heavy atom. The molecule has 1 aliphatic heterocycles. The van der Waals surface area contributed by atoms with Crippen LogP contribution in [0, 0.1) is 11.8 Å². The summed E-state index contributed by atoms with van der Waals surface area (Å²) in [5, 5.41) is 10.5. The zero-order valence-corrected chi connectivity index (χ0v) is 11.6. The average Bonchev–Trinajstić information content (AvgIpc) is 2.74. The van der Waals surface area contributed by atoms with Gasteiger partial charge in [0.15, 0.2) is 0 Å². The van der Waals surface area contributed by atoms with Gasteiger partial charge in [-0.25, -0.2) is 4.99 Å². The number of carbonyl (C=O) groups is 1. The van der Waals surface area contributed by atoms with Gasteiger partial charge in [0.05, 0.1) is 11.1 Å². The van der Waals surface area contributed by atoms with E-state index in [9.17, 15) is 9.90 Å². The molecular formula is C13H21NO2S. The highest BCUT2D eigenvalue weighted by Crippen LogP contribution is 2.42. The van der Waals surface area contributed by atoms with Crippen LogP contribution in [0.2, 0.25) is 0 Å². The predicted molar refractivity (Wildman–Crippen MR) is 71.2 cm³/mol. The molecule has 2 rings (SSSR count). The van der Waals surface area contributed by atoms with Crippen LogP contribution in [0.1, 0.15) is 46.5 Å². The Hall–Kier alpha value is -0.350. The van der Waals surface area contributed by atoms with Crippen molar-refractivity contribution in [2.45, 2.75) is 57.3 Å². The number of amides is 1. The van der Waals surface area contributed by atoms with Crippen LogP contribution in [0.5, 0.6) is 0 Å². The van der Waals surface area contributed by atoms with E-state index in [2.05, 4.69) is 18.8 Å². The number of hydrogen-bond donors (Lipinski definition) is 1. The van der Waals surface area contributed by atoms with E-state index >= 15 is 0 Å². The second-order valence-electron chi connectivity index (χ2n) is 5.71. The van der Waals surface area contributed by atoms with Crippen LogP contribution < -0.4 is 0 Å². The zero-order valence-electron chi connectivity index (χ0n) is 10.8. The molecule has 3 atom stereocenters. The van der Waals surface area contributed by atoms with Gasteiger partial charge in [-0.2, -0.15) is 0 Å². The minimum atomic E-state index is -0.368. The molecule has 2 aliphatic rings. The summed E-state index contributed by atoms with van der Waals surface area (Å²) in [5.74, 6) is 0.833. The van der Waals surface area contributed by atoms with Gasteiger partial charge < -0.3 is 5.11 Å². The van der Waals surface area contributed by atoms with E-state index < -0.39 is 0 Å². The van der Waals surface area contributed by atoms with Crippen molar-refractivity contribution in [2.75, 3.05) is 0 Å². The number of hydrogen-bond acceptors (Lipinski definition) is 3. The minimum Gasteiger partial charge on any atom is -0.393 e. The summed E-state index contributed by atoms with van der Waals surface area (Å²) in [6, 6.07) is 0. The third-order valence-corrected chi connectivity index (χ3v) is 5.62. The van der Waals surface area contributed by atoms with Crippen molar-refractivity contribution in [1.82, 2.24) is 0 Å². The molecule has 17 heavy (non-hydrogen) atoms. The van der Waals surface area contributed by atoms with Crippen molar-refractivity contribution in [3.8, 4) is 0 Å². The molecule has 1 amide bonds. The van der Waals surface area contributed by atoms with E-state index in [0.29, 0.717) is 11.8 Å². The SMILES string of the molecule is CC(C)C1(C)SC(C[C@@H]2CC[C@H](O)C2)=NC1=O. The van der Waals surface area contributed by atoms with Crippen LogP contribution in [-0.4, -0.2) is 26.9 Å². The first kappa shape index (κ1) is 13.1. The molecular weight excluding hydrogens is 234 g/mol. The van der Waals surface area contributed by atoms with Crippen molar-refractivity contribution >= 4 is 22.7 Å². The second-order valence-corrected chi connectivity index (χ2v) is 7.23. The van der Waals surface area contributed by atoms with Crippen LogP contribution >= 0.6 is 11.8 Å². The number of aliphatic hydroxyl groups excluding tert-OH is 1. The fraction of sp³-hybridized carbons (Fsp3) is 0.846. The van der Waals surface area contributed by atoms with Crippen LogP contribution in [0.4, 0.5) is 0 Å². The van der Waals surface area contributed by atoms with Gasteiger partial charge in [0.25, 0.3) is 5.91 Å². The monoisotopic (exact) mass is 255 g/mol. The molecule has 1 heterocycles. The van der Waals surface area contributed by atoms with Gasteiger partial charge in [0.1, 0.15) is 4.75 Å². The highest BCUT2D eigenvalue weighted by molar-refractivity contribution is 8.16. The first-order valence-electron chi connectivity index (χ1n) is 6.41. The number of aliphatic hydroxyl groups is 1. The molecule has 0 spiro atoms. The van der Waals surface area contributed by atoms with Crippen molar-refractivity contribution in [1.29, 1.82) is 0 Å². The standard InChI is InChI=1S/C13H21NO2S/c1-8(2)13(3)12(16)14-11(17-13)7-9-4-5-10(15)6-9/h8-10,15H,4-7H2,1-3H3/t9-,10+,13?/m1/s1. The fourth-order valence-corrected chi connectivity index (χ4v) is 3.77. The van der Waals surface area contributed by atoms with Gasteiger partial charge in [0, 0.05) is 0 Å².